The first-order valence-electron chi connectivity index (χ1n) is 5.54. The van der Waals surface area contributed by atoms with E-state index in [2.05, 4.69) is 5.32 Å². The van der Waals surface area contributed by atoms with E-state index in [1.807, 2.05) is 6.92 Å². The second-order valence-electron chi connectivity index (χ2n) is 3.92. The van der Waals surface area contributed by atoms with Crippen LogP contribution in [0.5, 0.6) is 0 Å². The number of unbranched alkanes of at least 4 members (excludes halogenated alkanes) is 1. The molecule has 1 N–H and O–H groups in total. The molecule has 0 saturated carbocycles. The largest absolute Gasteiger partial charge is 0.332 e. The van der Waals surface area contributed by atoms with Crippen LogP contribution in [0.3, 0.4) is 0 Å². The quantitative estimate of drug-likeness (QED) is 0.816. The number of anilines is 1. The first-order chi connectivity index (χ1) is 7.97. The number of hydrogen-bond donors (Lipinski definition) is 1. The summed E-state index contributed by atoms with van der Waals surface area (Å²) in [5, 5.41) is 2.56. The lowest BCUT2D eigenvalue weighted by atomic mass is 10.2. The van der Waals surface area contributed by atoms with Crippen molar-refractivity contribution in [1.82, 2.24) is 9.13 Å². The van der Waals surface area contributed by atoms with Crippen molar-refractivity contribution < 1.29 is 4.79 Å². The van der Waals surface area contributed by atoms with Gasteiger partial charge in [-0.1, -0.05) is 13.3 Å². The Morgan fingerprint density at radius 1 is 1.29 bits per heavy atom. The van der Waals surface area contributed by atoms with Crippen LogP contribution in [0.25, 0.3) is 0 Å². The minimum Gasteiger partial charge on any atom is -0.312 e. The summed E-state index contributed by atoms with van der Waals surface area (Å²) >= 11 is 0. The van der Waals surface area contributed by atoms with Crippen LogP contribution in [-0.2, 0) is 18.9 Å². The number of nitrogens with one attached hydrogen (secondary N) is 1. The summed E-state index contributed by atoms with van der Waals surface area (Å²) in [6, 6.07) is 1.24. The van der Waals surface area contributed by atoms with Crippen molar-refractivity contribution in [1.29, 1.82) is 0 Å². The van der Waals surface area contributed by atoms with Gasteiger partial charge in [-0.3, -0.25) is 18.7 Å². The van der Waals surface area contributed by atoms with Crippen molar-refractivity contribution in [2.45, 2.75) is 26.2 Å². The van der Waals surface area contributed by atoms with Gasteiger partial charge in [-0.15, -0.1) is 0 Å². The van der Waals surface area contributed by atoms with E-state index in [4.69, 9.17) is 0 Å². The molecule has 1 aromatic rings. The zero-order valence-electron chi connectivity index (χ0n) is 10.3. The van der Waals surface area contributed by atoms with E-state index in [1.54, 1.807) is 0 Å². The van der Waals surface area contributed by atoms with Crippen LogP contribution < -0.4 is 16.6 Å². The van der Waals surface area contributed by atoms with Crippen molar-refractivity contribution in [3.05, 3.63) is 26.9 Å². The van der Waals surface area contributed by atoms with Crippen LogP contribution in [0.2, 0.25) is 0 Å². The molecule has 1 aromatic heterocycles. The van der Waals surface area contributed by atoms with Crippen LogP contribution in [0, 0.1) is 0 Å². The maximum Gasteiger partial charge on any atom is 0.332 e. The van der Waals surface area contributed by atoms with Crippen molar-refractivity contribution in [2.24, 2.45) is 14.1 Å². The Labute approximate surface area is 98.9 Å². The fourth-order valence-electron chi connectivity index (χ4n) is 1.40. The van der Waals surface area contributed by atoms with Gasteiger partial charge >= 0.3 is 5.69 Å². The minimum atomic E-state index is -0.455. The molecule has 0 unspecified atom stereocenters. The standard InChI is InChI=1S/C11H17N3O3/c1-4-5-6-9(15)12-8-7-10(16)14(3)11(17)13(8)2/h7H,4-6H2,1-3H3,(H,12,15). The second kappa shape index (κ2) is 5.47. The summed E-state index contributed by atoms with van der Waals surface area (Å²) in [5.41, 5.74) is -0.887. The van der Waals surface area contributed by atoms with Gasteiger partial charge in [-0.25, -0.2) is 4.79 Å². The topological polar surface area (TPSA) is 73.1 Å². The average Bonchev–Trinajstić information content (AvgIpc) is 2.30. The Hall–Kier alpha value is -1.85. The predicted octanol–water partition coefficient (Wildman–Crippen LogP) is 0.213. The Balaban J connectivity index is 2.97. The molecule has 1 amide bonds. The van der Waals surface area contributed by atoms with Gasteiger partial charge in [0, 0.05) is 26.6 Å². The molecule has 6 nitrogen and oxygen atoms in total. The number of amides is 1. The fourth-order valence-corrected chi connectivity index (χ4v) is 1.40. The van der Waals surface area contributed by atoms with Crippen molar-refractivity contribution in [3.8, 4) is 0 Å². The highest BCUT2D eigenvalue weighted by molar-refractivity contribution is 5.89. The Morgan fingerprint density at radius 3 is 2.53 bits per heavy atom. The zero-order chi connectivity index (χ0) is 13.0. The number of hydrogen-bond acceptors (Lipinski definition) is 3. The van der Waals surface area contributed by atoms with Gasteiger partial charge in [0.15, 0.2) is 0 Å². The van der Waals surface area contributed by atoms with Crippen LogP contribution in [0.4, 0.5) is 5.82 Å². The fraction of sp³-hybridized carbons (Fsp3) is 0.545. The molecule has 0 aromatic carbocycles. The van der Waals surface area contributed by atoms with E-state index < -0.39 is 11.2 Å². The second-order valence-corrected chi connectivity index (χ2v) is 3.92. The van der Waals surface area contributed by atoms with E-state index in [9.17, 15) is 14.4 Å². The molecule has 1 heterocycles. The van der Waals surface area contributed by atoms with Gasteiger partial charge in [0.05, 0.1) is 0 Å². The predicted molar refractivity (Wildman–Crippen MR) is 65.1 cm³/mol. The lowest BCUT2D eigenvalue weighted by molar-refractivity contribution is -0.116. The molecule has 6 heteroatoms. The molecule has 1 rings (SSSR count). The summed E-state index contributed by atoms with van der Waals surface area (Å²) in [6.45, 7) is 1.99. The summed E-state index contributed by atoms with van der Waals surface area (Å²) < 4.78 is 2.23. The number of aromatic nitrogens is 2. The highest BCUT2D eigenvalue weighted by Crippen LogP contribution is 2.02. The van der Waals surface area contributed by atoms with Crippen LogP contribution >= 0.6 is 0 Å². The molecule has 0 spiro atoms. The first kappa shape index (κ1) is 13.2. The molecule has 0 aliphatic heterocycles. The zero-order valence-corrected chi connectivity index (χ0v) is 10.3. The Kier molecular flexibility index (Phi) is 4.25. The summed E-state index contributed by atoms with van der Waals surface area (Å²) in [4.78, 5) is 34.5. The van der Waals surface area contributed by atoms with Crippen molar-refractivity contribution in [2.75, 3.05) is 5.32 Å². The molecule has 0 bridgehead atoms. The molecule has 0 radical (unpaired) electrons. The molecule has 0 aliphatic carbocycles. The normalized spacial score (nSPS) is 10.3. The lowest BCUT2D eigenvalue weighted by Crippen LogP contribution is -2.38. The maximum absolute atomic E-state index is 11.6. The third-order valence-electron chi connectivity index (χ3n) is 2.55. The monoisotopic (exact) mass is 239 g/mol. The van der Waals surface area contributed by atoms with Gasteiger partial charge in [-0.05, 0) is 6.42 Å². The van der Waals surface area contributed by atoms with Crippen LogP contribution in [-0.4, -0.2) is 15.0 Å². The maximum atomic E-state index is 11.6. The molecule has 17 heavy (non-hydrogen) atoms. The third-order valence-corrected chi connectivity index (χ3v) is 2.55. The molecule has 0 atom stereocenters. The van der Waals surface area contributed by atoms with Crippen LogP contribution in [0.15, 0.2) is 15.7 Å². The summed E-state index contributed by atoms with van der Waals surface area (Å²) in [5.74, 6) is 0.0503. The van der Waals surface area contributed by atoms with Gasteiger partial charge in [-0.2, -0.15) is 0 Å². The minimum absolute atomic E-state index is 0.185. The van der Waals surface area contributed by atoms with Gasteiger partial charge in [0.2, 0.25) is 5.91 Å². The van der Waals surface area contributed by atoms with Gasteiger partial charge in [0.25, 0.3) is 5.56 Å². The molecular weight excluding hydrogens is 222 g/mol. The average molecular weight is 239 g/mol. The number of nitrogens with zero attached hydrogens (tertiary/aromatic N) is 2. The highest BCUT2D eigenvalue weighted by Gasteiger charge is 2.08. The van der Waals surface area contributed by atoms with Crippen LogP contribution in [0.1, 0.15) is 26.2 Å². The number of rotatable bonds is 4. The van der Waals surface area contributed by atoms with Gasteiger partial charge < -0.3 is 5.32 Å². The SMILES string of the molecule is CCCCC(=O)Nc1cc(=O)n(C)c(=O)n1C. The molecular formula is C11H17N3O3. The molecule has 0 aliphatic rings. The Morgan fingerprint density at radius 2 is 1.94 bits per heavy atom. The van der Waals surface area contributed by atoms with E-state index in [0.717, 1.165) is 17.4 Å². The third kappa shape index (κ3) is 3.05. The van der Waals surface area contributed by atoms with Crippen molar-refractivity contribution in [3.63, 3.8) is 0 Å². The van der Waals surface area contributed by atoms with E-state index in [0.29, 0.717) is 6.42 Å². The molecule has 94 valence electrons. The van der Waals surface area contributed by atoms with E-state index in [-0.39, 0.29) is 11.7 Å². The van der Waals surface area contributed by atoms with Crippen molar-refractivity contribution >= 4 is 11.7 Å². The van der Waals surface area contributed by atoms with E-state index in [1.165, 1.54) is 24.7 Å². The first-order valence-corrected chi connectivity index (χ1v) is 5.54. The molecule has 0 saturated heterocycles. The van der Waals surface area contributed by atoms with Gasteiger partial charge in [0.1, 0.15) is 5.82 Å². The highest BCUT2D eigenvalue weighted by atomic mass is 16.2. The lowest BCUT2D eigenvalue weighted by Gasteiger charge is -2.10. The molecule has 0 fully saturated rings. The Bertz CT molecular complexity index is 528. The number of carbonyl (C=O) groups excluding carboxylic acids is 1. The smallest absolute Gasteiger partial charge is 0.312 e. The summed E-state index contributed by atoms with van der Waals surface area (Å²) in [7, 11) is 2.91. The van der Waals surface area contributed by atoms with E-state index >= 15 is 0 Å². The summed E-state index contributed by atoms with van der Waals surface area (Å²) in [6.07, 6.45) is 2.09. The number of carbonyl (C=O) groups is 1.